The number of nitrogens with one attached hydrogen (secondary N) is 2. The molecule has 4 N–H and O–H groups in total. The molecule has 0 aromatic carbocycles. The zero-order valence-corrected chi connectivity index (χ0v) is 16.2. The molecular weight excluding hydrogens is 408 g/mol. The number of ether oxygens (including phenoxy) is 3. The van der Waals surface area contributed by atoms with Crippen molar-refractivity contribution in [2.45, 2.75) is 37.0 Å². The number of carbonyl (C=O) groups is 1. The summed E-state index contributed by atoms with van der Waals surface area (Å²) in [5, 5.41) is 26.3. The molecule has 2 unspecified atom stereocenters. The summed E-state index contributed by atoms with van der Waals surface area (Å²) in [4.78, 5) is 24.0. The first-order chi connectivity index (χ1) is 14.0. The van der Waals surface area contributed by atoms with E-state index in [-0.39, 0.29) is 17.9 Å². The number of amides is 1. The SMILES string of the molecule is CNC(=O)OC[C@H]1OC(n2cnc3c(NC4CCOC4)nc(Cl)nc32)[C@H](O)[C@@H]1O. The van der Waals surface area contributed by atoms with Crippen molar-refractivity contribution in [3.63, 3.8) is 0 Å². The lowest BCUT2D eigenvalue weighted by molar-refractivity contribution is -0.0531. The van der Waals surface area contributed by atoms with Gasteiger partial charge >= 0.3 is 6.09 Å². The van der Waals surface area contributed by atoms with E-state index in [9.17, 15) is 15.0 Å². The van der Waals surface area contributed by atoms with Crippen LogP contribution >= 0.6 is 11.6 Å². The van der Waals surface area contributed by atoms with Crippen molar-refractivity contribution in [3.05, 3.63) is 11.6 Å². The second kappa shape index (κ2) is 8.24. The molecule has 158 valence electrons. The van der Waals surface area contributed by atoms with Gasteiger partial charge in [0.1, 0.15) is 24.9 Å². The second-order valence-electron chi connectivity index (χ2n) is 6.76. The molecule has 2 aliphatic rings. The van der Waals surface area contributed by atoms with E-state index in [2.05, 4.69) is 25.6 Å². The molecular formula is C16H21ClN6O6. The summed E-state index contributed by atoms with van der Waals surface area (Å²) in [7, 11) is 1.41. The maximum absolute atomic E-state index is 11.3. The topological polar surface area (TPSA) is 153 Å². The van der Waals surface area contributed by atoms with Crippen LogP contribution in [0.5, 0.6) is 0 Å². The van der Waals surface area contributed by atoms with Gasteiger partial charge in [-0.2, -0.15) is 9.97 Å². The number of alkyl carbamates (subject to hydrolysis) is 1. The first-order valence-electron chi connectivity index (χ1n) is 9.08. The van der Waals surface area contributed by atoms with E-state index in [1.807, 2.05) is 0 Å². The number of fused-ring (bicyclic) bond motifs is 1. The molecule has 0 saturated carbocycles. The third-order valence-electron chi connectivity index (χ3n) is 4.86. The summed E-state index contributed by atoms with van der Waals surface area (Å²) in [6.45, 7) is 0.978. The molecule has 2 aromatic rings. The van der Waals surface area contributed by atoms with Crippen LogP contribution < -0.4 is 10.6 Å². The van der Waals surface area contributed by atoms with Crippen molar-refractivity contribution < 1.29 is 29.2 Å². The molecule has 0 radical (unpaired) electrons. The lowest BCUT2D eigenvalue weighted by Crippen LogP contribution is -2.35. The van der Waals surface area contributed by atoms with E-state index in [1.165, 1.54) is 17.9 Å². The summed E-state index contributed by atoms with van der Waals surface area (Å²) in [5.74, 6) is 0.446. The Morgan fingerprint density at radius 1 is 1.41 bits per heavy atom. The van der Waals surface area contributed by atoms with Gasteiger partial charge in [-0.15, -0.1) is 0 Å². The quantitative estimate of drug-likeness (QED) is 0.465. The highest BCUT2D eigenvalue weighted by Crippen LogP contribution is 2.33. The van der Waals surface area contributed by atoms with Gasteiger partial charge in [0.2, 0.25) is 5.28 Å². The number of aromatic nitrogens is 4. The molecule has 1 amide bonds. The van der Waals surface area contributed by atoms with E-state index in [0.29, 0.717) is 30.2 Å². The fourth-order valence-electron chi connectivity index (χ4n) is 3.35. The Labute approximate surface area is 170 Å². The zero-order chi connectivity index (χ0) is 20.5. The average Bonchev–Trinajstić information content (AvgIpc) is 3.42. The van der Waals surface area contributed by atoms with Gasteiger partial charge in [-0.1, -0.05) is 0 Å². The van der Waals surface area contributed by atoms with Gasteiger partial charge in [0, 0.05) is 13.7 Å². The fraction of sp³-hybridized carbons (Fsp3) is 0.625. The number of aliphatic hydroxyl groups is 2. The molecule has 13 heteroatoms. The van der Waals surface area contributed by atoms with Gasteiger partial charge in [-0.05, 0) is 18.0 Å². The number of halogens is 1. The largest absolute Gasteiger partial charge is 0.447 e. The highest BCUT2D eigenvalue weighted by atomic mass is 35.5. The molecule has 2 aliphatic heterocycles. The Morgan fingerprint density at radius 2 is 2.24 bits per heavy atom. The van der Waals surface area contributed by atoms with E-state index < -0.39 is 30.6 Å². The van der Waals surface area contributed by atoms with Gasteiger partial charge in [0.15, 0.2) is 23.2 Å². The Balaban J connectivity index is 1.59. The minimum absolute atomic E-state index is 0.00630. The van der Waals surface area contributed by atoms with E-state index in [1.54, 1.807) is 0 Å². The van der Waals surface area contributed by atoms with Gasteiger partial charge in [-0.3, -0.25) is 4.57 Å². The van der Waals surface area contributed by atoms with Gasteiger partial charge < -0.3 is 35.1 Å². The van der Waals surface area contributed by atoms with Crippen molar-refractivity contribution in [3.8, 4) is 0 Å². The third kappa shape index (κ3) is 3.94. The van der Waals surface area contributed by atoms with Crippen LogP contribution in [0.3, 0.4) is 0 Å². The standard InChI is InChI=1S/C16H21ClN6O6/c1-18-16(26)28-5-8-10(24)11(25)14(29-8)23-6-19-9-12(20-7-2-3-27-4-7)21-15(17)22-13(9)23/h6-8,10-11,14,24-25H,2-5H2,1H3,(H,18,26)(H,20,21,22)/t7?,8-,10-,11-,14?/m1/s1. The molecule has 4 heterocycles. The van der Waals surface area contributed by atoms with Crippen LogP contribution in [0.15, 0.2) is 6.33 Å². The molecule has 29 heavy (non-hydrogen) atoms. The van der Waals surface area contributed by atoms with Crippen LogP contribution in [0, 0.1) is 0 Å². The van der Waals surface area contributed by atoms with Crippen LogP contribution in [-0.2, 0) is 14.2 Å². The Bertz CT molecular complexity index is 890. The lowest BCUT2D eigenvalue weighted by Gasteiger charge is -2.17. The van der Waals surface area contributed by atoms with Crippen LogP contribution in [0.25, 0.3) is 11.2 Å². The summed E-state index contributed by atoms with van der Waals surface area (Å²) >= 11 is 6.09. The van der Waals surface area contributed by atoms with Crippen molar-refractivity contribution in [1.82, 2.24) is 24.8 Å². The molecule has 0 aliphatic carbocycles. The van der Waals surface area contributed by atoms with Crippen molar-refractivity contribution in [2.24, 2.45) is 0 Å². The van der Waals surface area contributed by atoms with Crippen LogP contribution in [0.4, 0.5) is 10.6 Å². The van der Waals surface area contributed by atoms with E-state index >= 15 is 0 Å². The molecule has 2 saturated heterocycles. The number of carbonyl (C=O) groups excluding carboxylic acids is 1. The summed E-state index contributed by atoms with van der Waals surface area (Å²) < 4.78 is 17.5. The number of aliphatic hydroxyl groups excluding tert-OH is 2. The van der Waals surface area contributed by atoms with Crippen molar-refractivity contribution >= 4 is 34.7 Å². The Hall–Kier alpha value is -2.25. The smallest absolute Gasteiger partial charge is 0.406 e. The number of hydrogen-bond acceptors (Lipinski definition) is 10. The predicted molar refractivity (Wildman–Crippen MR) is 99.5 cm³/mol. The first kappa shape index (κ1) is 20.0. The number of imidazole rings is 1. The fourth-order valence-corrected chi connectivity index (χ4v) is 3.51. The molecule has 0 spiro atoms. The molecule has 4 rings (SSSR count). The normalized spacial score (nSPS) is 29.3. The Kier molecular flexibility index (Phi) is 5.69. The first-order valence-corrected chi connectivity index (χ1v) is 9.46. The third-order valence-corrected chi connectivity index (χ3v) is 5.03. The summed E-state index contributed by atoms with van der Waals surface area (Å²) in [5.41, 5.74) is 0.771. The minimum atomic E-state index is -1.29. The van der Waals surface area contributed by atoms with Crippen LogP contribution in [0.2, 0.25) is 5.28 Å². The zero-order valence-electron chi connectivity index (χ0n) is 15.5. The maximum atomic E-state index is 11.3. The molecule has 5 atom stereocenters. The van der Waals surface area contributed by atoms with E-state index in [0.717, 1.165) is 6.42 Å². The number of rotatable bonds is 5. The van der Waals surface area contributed by atoms with Gasteiger partial charge in [0.05, 0.1) is 19.0 Å². The highest BCUT2D eigenvalue weighted by molar-refractivity contribution is 6.28. The highest BCUT2D eigenvalue weighted by Gasteiger charge is 2.45. The maximum Gasteiger partial charge on any atom is 0.406 e. The van der Waals surface area contributed by atoms with Gasteiger partial charge in [0.25, 0.3) is 0 Å². The summed E-state index contributed by atoms with van der Waals surface area (Å²) in [6.07, 6.45) is -2.90. The number of nitrogens with zero attached hydrogens (tertiary/aromatic N) is 4. The van der Waals surface area contributed by atoms with Crippen molar-refractivity contribution in [2.75, 3.05) is 32.2 Å². The monoisotopic (exact) mass is 428 g/mol. The molecule has 2 fully saturated rings. The molecule has 12 nitrogen and oxygen atoms in total. The van der Waals surface area contributed by atoms with Crippen LogP contribution in [0.1, 0.15) is 12.6 Å². The minimum Gasteiger partial charge on any atom is -0.447 e. The van der Waals surface area contributed by atoms with Gasteiger partial charge in [-0.25, -0.2) is 9.78 Å². The summed E-state index contributed by atoms with van der Waals surface area (Å²) in [6, 6.07) is 0.0794. The molecule has 0 bridgehead atoms. The number of anilines is 1. The number of hydrogen-bond donors (Lipinski definition) is 4. The predicted octanol–water partition coefficient (Wildman–Crippen LogP) is -0.344. The van der Waals surface area contributed by atoms with E-state index in [4.69, 9.17) is 25.8 Å². The molecule has 2 aromatic heterocycles. The average molecular weight is 429 g/mol. The second-order valence-corrected chi connectivity index (χ2v) is 7.10. The van der Waals surface area contributed by atoms with Crippen molar-refractivity contribution in [1.29, 1.82) is 0 Å². The lowest BCUT2D eigenvalue weighted by atomic mass is 10.1. The van der Waals surface area contributed by atoms with Crippen LogP contribution in [-0.4, -0.2) is 87.0 Å². The Morgan fingerprint density at radius 3 is 2.97 bits per heavy atom.